The van der Waals surface area contributed by atoms with E-state index in [1.54, 1.807) is 37.0 Å². The van der Waals surface area contributed by atoms with Crippen molar-refractivity contribution in [2.45, 2.75) is 32.2 Å². The van der Waals surface area contributed by atoms with Gasteiger partial charge >= 0.3 is 5.97 Å². The molecule has 8 heteroatoms. The van der Waals surface area contributed by atoms with Crippen molar-refractivity contribution in [3.8, 4) is 0 Å². The van der Waals surface area contributed by atoms with Crippen LogP contribution in [-0.2, 0) is 21.1 Å². The monoisotopic (exact) mass is 387 g/mol. The maximum Gasteiger partial charge on any atom is 0.341 e. The van der Waals surface area contributed by atoms with E-state index in [0.29, 0.717) is 23.3 Å². The number of aromatic nitrogens is 3. The quantitative estimate of drug-likeness (QED) is 0.625. The van der Waals surface area contributed by atoms with Crippen LogP contribution in [0.1, 0.15) is 34.1 Å². The zero-order valence-electron chi connectivity index (χ0n) is 15.7. The van der Waals surface area contributed by atoms with Gasteiger partial charge in [-0.1, -0.05) is 0 Å². The average Bonchev–Trinajstić information content (AvgIpc) is 2.93. The van der Waals surface area contributed by atoms with Crippen LogP contribution >= 0.6 is 0 Å². The second kappa shape index (κ2) is 7.11. The molecule has 3 rings (SSSR count). The number of hydrogen-bond acceptors (Lipinski definition) is 6. The number of pyridine rings is 1. The first-order chi connectivity index (χ1) is 12.7. The van der Waals surface area contributed by atoms with Crippen molar-refractivity contribution in [1.29, 1.82) is 0 Å². The summed E-state index contributed by atoms with van der Waals surface area (Å²) in [6.45, 7) is 6.00. The van der Waals surface area contributed by atoms with Crippen molar-refractivity contribution >= 4 is 26.7 Å². The van der Waals surface area contributed by atoms with Crippen molar-refractivity contribution in [2.24, 2.45) is 0 Å². The number of carbonyl (C=O) groups is 1. The average molecular weight is 387 g/mol. The Morgan fingerprint density at radius 1 is 1.22 bits per heavy atom. The lowest BCUT2D eigenvalue weighted by Crippen LogP contribution is -2.06. The summed E-state index contributed by atoms with van der Waals surface area (Å²) in [5, 5.41) is 5.10. The molecular formula is C19H21N3O4S. The first kappa shape index (κ1) is 19.0. The fraction of sp³-hybridized carbons (Fsp3) is 0.316. The molecule has 3 aromatic rings. The van der Waals surface area contributed by atoms with E-state index in [-0.39, 0.29) is 11.5 Å². The Labute approximate surface area is 157 Å². The molecule has 0 unspecified atom stereocenters. The molecule has 0 radical (unpaired) electrons. The molecule has 0 atom stereocenters. The second-order valence-electron chi connectivity index (χ2n) is 6.50. The lowest BCUT2D eigenvalue weighted by molar-refractivity contribution is 0.0525. The molecule has 2 aromatic heterocycles. The number of aryl methyl sites for hydroxylation is 2. The van der Waals surface area contributed by atoms with Gasteiger partial charge in [0.1, 0.15) is 5.56 Å². The van der Waals surface area contributed by atoms with Crippen molar-refractivity contribution in [1.82, 2.24) is 14.8 Å². The van der Waals surface area contributed by atoms with Gasteiger partial charge in [-0.2, -0.15) is 5.10 Å². The van der Waals surface area contributed by atoms with E-state index in [1.807, 2.05) is 19.1 Å². The summed E-state index contributed by atoms with van der Waals surface area (Å²) in [4.78, 5) is 16.4. The van der Waals surface area contributed by atoms with E-state index < -0.39 is 15.8 Å². The molecule has 0 fully saturated rings. The topological polar surface area (TPSA) is 91.2 Å². The van der Waals surface area contributed by atoms with Gasteiger partial charge in [0.2, 0.25) is 0 Å². The molecule has 1 aromatic carbocycles. The van der Waals surface area contributed by atoms with Gasteiger partial charge in [-0.3, -0.25) is 9.67 Å². The van der Waals surface area contributed by atoms with Crippen LogP contribution in [0.25, 0.3) is 10.9 Å². The number of hydrogen-bond donors (Lipinski definition) is 0. The maximum absolute atomic E-state index is 12.2. The summed E-state index contributed by atoms with van der Waals surface area (Å²) < 4.78 is 31.1. The van der Waals surface area contributed by atoms with Crippen LogP contribution in [0, 0.1) is 13.8 Å². The van der Waals surface area contributed by atoms with Crippen molar-refractivity contribution in [3.05, 3.63) is 53.0 Å². The molecular weight excluding hydrogens is 366 g/mol. The lowest BCUT2D eigenvalue weighted by atomic mass is 10.1. The summed E-state index contributed by atoms with van der Waals surface area (Å²) in [5.74, 6) is -0.420. The largest absolute Gasteiger partial charge is 0.462 e. The molecule has 27 heavy (non-hydrogen) atoms. The van der Waals surface area contributed by atoms with Crippen molar-refractivity contribution in [3.63, 3.8) is 0 Å². The van der Waals surface area contributed by atoms with Crippen LogP contribution in [0.3, 0.4) is 0 Å². The number of esters is 1. The van der Waals surface area contributed by atoms with E-state index in [4.69, 9.17) is 4.74 Å². The predicted molar refractivity (Wildman–Crippen MR) is 102 cm³/mol. The number of nitrogens with zero attached hydrogens (tertiary/aromatic N) is 3. The van der Waals surface area contributed by atoms with E-state index in [9.17, 15) is 13.2 Å². The zero-order valence-corrected chi connectivity index (χ0v) is 16.5. The highest BCUT2D eigenvalue weighted by atomic mass is 32.2. The molecule has 0 aliphatic carbocycles. The third-order valence-electron chi connectivity index (χ3n) is 4.13. The minimum atomic E-state index is -3.45. The van der Waals surface area contributed by atoms with Gasteiger partial charge in [0.15, 0.2) is 9.84 Å². The molecule has 0 aliphatic rings. The second-order valence-corrected chi connectivity index (χ2v) is 8.48. The molecule has 0 aliphatic heterocycles. The van der Waals surface area contributed by atoms with Crippen LogP contribution in [0.15, 0.2) is 35.5 Å². The van der Waals surface area contributed by atoms with E-state index >= 15 is 0 Å². The first-order valence-electron chi connectivity index (χ1n) is 8.49. The van der Waals surface area contributed by atoms with Crippen molar-refractivity contribution < 1.29 is 17.9 Å². The third kappa shape index (κ3) is 4.00. The number of carbonyl (C=O) groups excluding carboxylic acids is 1. The normalized spacial score (nSPS) is 11.7. The minimum absolute atomic E-state index is 0.185. The standard InChI is InChI=1S/C19H21N3O4S/c1-5-26-19(23)16-11-22(21-13(16)3)10-14-7-15-6-12(2)9-20-18(15)17(8-14)27(4,24)25/h6-9,11H,5,10H2,1-4H3. The van der Waals surface area contributed by atoms with Gasteiger partial charge in [-0.05, 0) is 50.1 Å². The molecule has 0 N–H and O–H groups in total. The summed E-state index contributed by atoms with van der Waals surface area (Å²) in [5.41, 5.74) is 3.12. The summed E-state index contributed by atoms with van der Waals surface area (Å²) in [6, 6.07) is 5.41. The Hall–Kier alpha value is -2.74. The number of sulfone groups is 1. The number of rotatable bonds is 5. The third-order valence-corrected chi connectivity index (χ3v) is 5.24. The highest BCUT2D eigenvalue weighted by Gasteiger charge is 2.17. The summed E-state index contributed by atoms with van der Waals surface area (Å²) >= 11 is 0. The Morgan fingerprint density at radius 2 is 1.96 bits per heavy atom. The molecule has 2 heterocycles. The molecule has 7 nitrogen and oxygen atoms in total. The van der Waals surface area contributed by atoms with Gasteiger partial charge in [0, 0.05) is 24.0 Å². The van der Waals surface area contributed by atoms with Gasteiger partial charge < -0.3 is 4.74 Å². The zero-order chi connectivity index (χ0) is 19.8. The molecule has 0 amide bonds. The number of fused-ring (bicyclic) bond motifs is 1. The minimum Gasteiger partial charge on any atom is -0.462 e. The van der Waals surface area contributed by atoms with Crippen LogP contribution < -0.4 is 0 Å². The molecule has 0 saturated heterocycles. The fourth-order valence-corrected chi connectivity index (χ4v) is 3.84. The smallest absolute Gasteiger partial charge is 0.341 e. The molecule has 0 spiro atoms. The fourth-order valence-electron chi connectivity index (χ4n) is 2.95. The van der Waals surface area contributed by atoms with E-state index in [2.05, 4.69) is 10.1 Å². The Kier molecular flexibility index (Phi) is 5.01. The predicted octanol–water partition coefficient (Wildman–Crippen LogP) is 2.68. The van der Waals surface area contributed by atoms with Crippen molar-refractivity contribution in [2.75, 3.05) is 12.9 Å². The van der Waals surface area contributed by atoms with Crippen LogP contribution in [0.2, 0.25) is 0 Å². The van der Waals surface area contributed by atoms with Gasteiger partial charge in [-0.15, -0.1) is 0 Å². The Morgan fingerprint density at radius 3 is 2.63 bits per heavy atom. The van der Waals surface area contributed by atoms with E-state index in [1.165, 1.54) is 6.26 Å². The SMILES string of the molecule is CCOC(=O)c1cn(Cc2cc(S(C)(=O)=O)c3ncc(C)cc3c2)nc1C. The number of ether oxygens (including phenoxy) is 1. The van der Waals surface area contributed by atoms with Gasteiger partial charge in [0.05, 0.1) is 29.3 Å². The van der Waals surface area contributed by atoms with Crippen LogP contribution in [0.4, 0.5) is 0 Å². The van der Waals surface area contributed by atoms with E-state index in [0.717, 1.165) is 16.5 Å². The maximum atomic E-state index is 12.2. The van der Waals surface area contributed by atoms with Crippen LogP contribution in [0.5, 0.6) is 0 Å². The Balaban J connectivity index is 2.05. The summed E-state index contributed by atoms with van der Waals surface area (Å²) in [7, 11) is -3.45. The lowest BCUT2D eigenvalue weighted by Gasteiger charge is -2.09. The van der Waals surface area contributed by atoms with Crippen LogP contribution in [-0.4, -0.2) is 42.0 Å². The molecule has 0 saturated carbocycles. The van der Waals surface area contributed by atoms with Gasteiger partial charge in [-0.25, -0.2) is 13.2 Å². The highest BCUT2D eigenvalue weighted by molar-refractivity contribution is 7.91. The molecule has 0 bridgehead atoms. The number of benzene rings is 1. The highest BCUT2D eigenvalue weighted by Crippen LogP contribution is 2.25. The first-order valence-corrected chi connectivity index (χ1v) is 10.4. The van der Waals surface area contributed by atoms with Gasteiger partial charge in [0.25, 0.3) is 0 Å². The summed E-state index contributed by atoms with van der Waals surface area (Å²) in [6.07, 6.45) is 4.44. The Bertz CT molecular complexity index is 1130. The molecule has 142 valence electrons.